The average molecular weight is 443 g/mol. The standard InChI is InChI=1S/C24H42N4Si2/c1-9-27(10-2)30(28(11-3)12-4,24-21-17-14-18-22-24)29(25(5)6,26(7)8)23-19-15-13-16-20-23/h13-22H,9-12H2,1-8H3. The van der Waals surface area contributed by atoms with E-state index in [0.717, 1.165) is 26.2 Å². The minimum absolute atomic E-state index is 1.05. The van der Waals surface area contributed by atoms with Gasteiger partial charge < -0.3 is 18.3 Å². The third-order valence-corrected chi connectivity index (χ3v) is 24.7. The molecule has 0 aliphatic carbocycles. The molecule has 0 aliphatic heterocycles. The SMILES string of the molecule is CCN(CC)[Si](c1ccccc1)(N(CC)CC)[Si](c1ccccc1)(N(C)C)N(C)C. The van der Waals surface area contributed by atoms with Gasteiger partial charge in [-0.15, -0.1) is 0 Å². The van der Waals surface area contributed by atoms with Crippen LogP contribution in [-0.4, -0.2) is 88.5 Å². The highest BCUT2D eigenvalue weighted by molar-refractivity contribution is 7.47. The molecule has 0 N–H and O–H groups in total. The molecule has 0 atom stereocenters. The molecule has 0 bridgehead atoms. The van der Waals surface area contributed by atoms with Gasteiger partial charge in [-0.25, -0.2) is 0 Å². The summed E-state index contributed by atoms with van der Waals surface area (Å²) in [5.74, 6) is 0. The van der Waals surface area contributed by atoms with E-state index in [-0.39, 0.29) is 0 Å². The Morgan fingerprint density at radius 3 is 1.07 bits per heavy atom. The second kappa shape index (κ2) is 10.8. The van der Waals surface area contributed by atoms with Crippen molar-refractivity contribution in [3.8, 4) is 0 Å². The zero-order valence-corrected chi connectivity index (χ0v) is 22.4. The quantitative estimate of drug-likeness (QED) is 0.496. The Balaban J connectivity index is 3.14. The molecule has 166 valence electrons. The molecule has 4 nitrogen and oxygen atoms in total. The van der Waals surface area contributed by atoms with Gasteiger partial charge in [-0.1, -0.05) is 88.4 Å². The highest BCUT2D eigenvalue weighted by Gasteiger charge is 2.67. The van der Waals surface area contributed by atoms with Crippen LogP contribution in [0.4, 0.5) is 0 Å². The van der Waals surface area contributed by atoms with Crippen molar-refractivity contribution in [2.75, 3.05) is 54.4 Å². The summed E-state index contributed by atoms with van der Waals surface area (Å²) in [6.45, 7) is 13.6. The number of hydrogen-bond donors (Lipinski definition) is 0. The van der Waals surface area contributed by atoms with Crippen LogP contribution in [0.3, 0.4) is 0 Å². The lowest BCUT2D eigenvalue weighted by Gasteiger charge is -2.61. The van der Waals surface area contributed by atoms with E-state index >= 15 is 0 Å². The Morgan fingerprint density at radius 2 is 0.800 bits per heavy atom. The summed E-state index contributed by atoms with van der Waals surface area (Å²) in [6.07, 6.45) is 0. The van der Waals surface area contributed by atoms with E-state index in [9.17, 15) is 0 Å². The van der Waals surface area contributed by atoms with Crippen LogP contribution in [0.25, 0.3) is 0 Å². The predicted octanol–water partition coefficient (Wildman–Crippen LogP) is 2.57. The third-order valence-electron chi connectivity index (χ3n) is 6.58. The van der Waals surface area contributed by atoms with Crippen molar-refractivity contribution < 1.29 is 0 Å². The summed E-state index contributed by atoms with van der Waals surface area (Å²) < 4.78 is 10.9. The van der Waals surface area contributed by atoms with Crippen molar-refractivity contribution in [1.82, 2.24) is 18.3 Å². The van der Waals surface area contributed by atoms with Gasteiger partial charge in [0, 0.05) is 0 Å². The van der Waals surface area contributed by atoms with Gasteiger partial charge in [-0.2, -0.15) is 0 Å². The fraction of sp³-hybridized carbons (Fsp3) is 0.500. The summed E-state index contributed by atoms with van der Waals surface area (Å²) in [5.41, 5.74) is 0. The number of benzene rings is 2. The van der Waals surface area contributed by atoms with E-state index in [0.29, 0.717) is 0 Å². The molecule has 0 fully saturated rings. The topological polar surface area (TPSA) is 13.0 Å². The van der Waals surface area contributed by atoms with Crippen molar-refractivity contribution in [3.63, 3.8) is 0 Å². The fourth-order valence-corrected chi connectivity index (χ4v) is 26.4. The maximum absolute atomic E-state index is 2.84. The summed E-state index contributed by atoms with van der Waals surface area (Å²) >= 11 is 0. The van der Waals surface area contributed by atoms with E-state index in [4.69, 9.17) is 0 Å². The van der Waals surface area contributed by atoms with Gasteiger partial charge in [-0.05, 0) is 64.7 Å². The molecule has 0 aliphatic rings. The van der Waals surface area contributed by atoms with Crippen LogP contribution in [0.15, 0.2) is 60.7 Å². The third kappa shape index (κ3) is 3.85. The Morgan fingerprint density at radius 1 is 0.500 bits per heavy atom. The summed E-state index contributed by atoms with van der Waals surface area (Å²) in [5, 5.41) is 3.02. The molecule has 6 heteroatoms. The van der Waals surface area contributed by atoms with E-state index in [1.807, 2.05) is 0 Å². The van der Waals surface area contributed by atoms with E-state index in [1.54, 1.807) is 0 Å². The van der Waals surface area contributed by atoms with E-state index < -0.39 is 15.8 Å². The summed E-state index contributed by atoms with van der Waals surface area (Å²) in [6, 6.07) is 22.8. The molecule has 0 aromatic heterocycles. The lowest BCUT2D eigenvalue weighted by Crippen LogP contribution is -2.96. The molecule has 0 spiro atoms. The second-order valence-electron chi connectivity index (χ2n) is 8.21. The Kier molecular flexibility index (Phi) is 9.03. The summed E-state index contributed by atoms with van der Waals surface area (Å²) in [4.78, 5) is 0. The molecule has 0 unspecified atom stereocenters. The van der Waals surface area contributed by atoms with Gasteiger partial charge in [0.2, 0.25) is 0 Å². The molecule has 30 heavy (non-hydrogen) atoms. The molecule has 0 saturated carbocycles. The van der Waals surface area contributed by atoms with Gasteiger partial charge in [0.25, 0.3) is 15.8 Å². The van der Waals surface area contributed by atoms with Crippen LogP contribution in [0.5, 0.6) is 0 Å². The molecule has 2 aromatic rings. The smallest absolute Gasteiger partial charge is 0.266 e. The zero-order valence-electron chi connectivity index (χ0n) is 20.4. The van der Waals surface area contributed by atoms with Gasteiger partial charge in [0.15, 0.2) is 0 Å². The molecule has 2 aromatic carbocycles. The molecular formula is C24H42N4Si2. The van der Waals surface area contributed by atoms with Crippen molar-refractivity contribution in [2.24, 2.45) is 0 Å². The van der Waals surface area contributed by atoms with Crippen molar-refractivity contribution >= 4 is 26.2 Å². The van der Waals surface area contributed by atoms with Crippen molar-refractivity contribution in [3.05, 3.63) is 60.7 Å². The first kappa shape index (κ1) is 25.0. The van der Waals surface area contributed by atoms with Crippen LogP contribution in [0, 0.1) is 0 Å². The zero-order chi connectivity index (χ0) is 22.4. The average Bonchev–Trinajstić information content (AvgIpc) is 2.76. The Labute approximate surface area is 187 Å². The minimum atomic E-state index is -2.42. The van der Waals surface area contributed by atoms with Gasteiger partial charge >= 0.3 is 0 Å². The maximum atomic E-state index is 2.84. The van der Waals surface area contributed by atoms with E-state index in [1.165, 1.54) is 10.4 Å². The van der Waals surface area contributed by atoms with Crippen molar-refractivity contribution in [1.29, 1.82) is 0 Å². The first-order valence-electron chi connectivity index (χ1n) is 11.3. The maximum Gasteiger partial charge on any atom is 0.266 e. The molecule has 0 heterocycles. The number of hydrogen-bond acceptors (Lipinski definition) is 4. The molecule has 0 radical (unpaired) electrons. The molecule has 0 amide bonds. The first-order valence-corrected chi connectivity index (χ1v) is 16.1. The second-order valence-corrected chi connectivity index (χ2v) is 19.3. The number of rotatable bonds is 11. The molecule has 2 rings (SSSR count). The van der Waals surface area contributed by atoms with Crippen LogP contribution in [-0.2, 0) is 0 Å². The minimum Gasteiger partial charge on any atom is -0.314 e. The monoisotopic (exact) mass is 442 g/mol. The van der Waals surface area contributed by atoms with E-state index in [2.05, 4.69) is 135 Å². The normalized spacial score (nSPS) is 13.1. The van der Waals surface area contributed by atoms with Gasteiger partial charge in [-0.3, -0.25) is 0 Å². The largest absolute Gasteiger partial charge is 0.314 e. The van der Waals surface area contributed by atoms with Gasteiger partial charge in [0.1, 0.15) is 0 Å². The fourth-order valence-electron chi connectivity index (χ4n) is 5.65. The van der Waals surface area contributed by atoms with Crippen LogP contribution >= 0.6 is 0 Å². The highest BCUT2D eigenvalue weighted by atomic mass is 29.3. The lowest BCUT2D eigenvalue weighted by molar-refractivity contribution is 0.363. The van der Waals surface area contributed by atoms with Gasteiger partial charge in [0.05, 0.1) is 0 Å². The highest BCUT2D eigenvalue weighted by Crippen LogP contribution is 2.30. The predicted molar refractivity (Wildman–Crippen MR) is 137 cm³/mol. The van der Waals surface area contributed by atoms with Crippen LogP contribution in [0.1, 0.15) is 27.7 Å². The van der Waals surface area contributed by atoms with Crippen molar-refractivity contribution in [2.45, 2.75) is 27.7 Å². The number of nitrogens with zero attached hydrogens (tertiary/aromatic N) is 4. The van der Waals surface area contributed by atoms with Crippen LogP contribution < -0.4 is 10.4 Å². The summed E-state index contributed by atoms with van der Waals surface area (Å²) in [7, 11) is 4.45. The molecule has 0 saturated heterocycles. The Bertz CT molecular complexity index is 724. The first-order chi connectivity index (χ1) is 14.4. The van der Waals surface area contributed by atoms with Crippen LogP contribution in [0.2, 0.25) is 0 Å². The molecular weight excluding hydrogens is 400 g/mol. The lowest BCUT2D eigenvalue weighted by atomic mass is 10.4. The Hall–Kier alpha value is -1.29.